The summed E-state index contributed by atoms with van der Waals surface area (Å²) in [4.78, 5) is 14.7. The molecule has 0 aromatic carbocycles. The first-order valence-corrected chi connectivity index (χ1v) is 3.85. The van der Waals surface area contributed by atoms with Crippen molar-refractivity contribution < 1.29 is 23.8 Å². The van der Waals surface area contributed by atoms with Gasteiger partial charge in [0, 0.05) is 7.11 Å². The van der Waals surface area contributed by atoms with E-state index in [9.17, 15) is 4.79 Å². The molecule has 0 amide bonds. The zero-order valence-electron chi connectivity index (χ0n) is 7.65. The Balaban J connectivity index is 3.02. The maximum atomic E-state index is 10.6. The van der Waals surface area contributed by atoms with Gasteiger partial charge in [-0.25, -0.2) is 10.7 Å². The third kappa shape index (κ3) is 9.22. The van der Waals surface area contributed by atoms with Crippen LogP contribution < -0.4 is 5.90 Å². The number of esters is 1. The van der Waals surface area contributed by atoms with E-state index in [-0.39, 0.29) is 13.2 Å². The van der Waals surface area contributed by atoms with Crippen molar-refractivity contribution in [3.05, 3.63) is 0 Å². The average Bonchev–Trinajstić information content (AvgIpc) is 2.11. The van der Waals surface area contributed by atoms with E-state index in [4.69, 9.17) is 9.47 Å². The van der Waals surface area contributed by atoms with Crippen LogP contribution in [-0.4, -0.2) is 46.1 Å². The monoisotopic (exact) mass is 193 g/mol. The van der Waals surface area contributed by atoms with Gasteiger partial charge in [0.05, 0.1) is 19.8 Å². The van der Waals surface area contributed by atoms with Crippen LogP contribution in [0.1, 0.15) is 0 Å². The molecular weight excluding hydrogens is 178 g/mol. The van der Waals surface area contributed by atoms with Crippen molar-refractivity contribution in [1.29, 1.82) is 0 Å². The molecule has 0 aliphatic heterocycles. The van der Waals surface area contributed by atoms with Gasteiger partial charge in [-0.05, 0) is 0 Å². The molecule has 0 spiro atoms. The van der Waals surface area contributed by atoms with Gasteiger partial charge >= 0.3 is 5.97 Å². The van der Waals surface area contributed by atoms with E-state index in [0.29, 0.717) is 19.8 Å². The van der Waals surface area contributed by atoms with E-state index in [1.54, 1.807) is 7.11 Å². The Kier molecular flexibility index (Phi) is 8.90. The largest absolute Gasteiger partial charge is 0.461 e. The topological polar surface area (TPSA) is 80.0 Å². The highest BCUT2D eigenvalue weighted by atomic mass is 16.6. The van der Waals surface area contributed by atoms with E-state index in [1.165, 1.54) is 0 Å². The Morgan fingerprint density at radius 1 is 1.23 bits per heavy atom. The number of rotatable bonds is 8. The highest BCUT2D eigenvalue weighted by Crippen LogP contribution is 1.81. The summed E-state index contributed by atoms with van der Waals surface area (Å²) in [5.74, 6) is 4.15. The van der Waals surface area contributed by atoms with Gasteiger partial charge in [-0.15, -0.1) is 0 Å². The molecule has 6 heteroatoms. The molecule has 0 unspecified atom stereocenters. The first-order chi connectivity index (χ1) is 6.31. The normalized spacial score (nSPS) is 10.0. The minimum atomic E-state index is -0.502. The summed E-state index contributed by atoms with van der Waals surface area (Å²) in [6, 6.07) is 0. The molecule has 13 heavy (non-hydrogen) atoms. The summed E-state index contributed by atoms with van der Waals surface area (Å²) in [5, 5.41) is 0. The van der Waals surface area contributed by atoms with Crippen molar-refractivity contribution in [3.8, 4) is 0 Å². The Morgan fingerprint density at radius 3 is 2.54 bits per heavy atom. The van der Waals surface area contributed by atoms with E-state index < -0.39 is 5.97 Å². The first-order valence-electron chi connectivity index (χ1n) is 3.85. The summed E-state index contributed by atoms with van der Waals surface area (Å²) < 4.78 is 14.4. The van der Waals surface area contributed by atoms with Crippen molar-refractivity contribution in [2.75, 3.05) is 40.1 Å². The van der Waals surface area contributed by atoms with Gasteiger partial charge in [0.25, 0.3) is 0 Å². The number of nitrogens with two attached hydrogens (primary N) is 1. The molecule has 0 heterocycles. The number of hydrogen-bond donors (Lipinski definition) is 1. The second-order valence-electron chi connectivity index (χ2n) is 2.14. The number of hydrogen-bond acceptors (Lipinski definition) is 6. The summed E-state index contributed by atoms with van der Waals surface area (Å²) in [6.45, 7) is 1.32. The van der Waals surface area contributed by atoms with E-state index in [0.717, 1.165) is 0 Å². The second-order valence-corrected chi connectivity index (χ2v) is 2.14. The Labute approximate surface area is 76.8 Å². The summed E-state index contributed by atoms with van der Waals surface area (Å²) in [6.07, 6.45) is 0. The van der Waals surface area contributed by atoms with Crippen molar-refractivity contribution in [3.63, 3.8) is 0 Å². The molecule has 78 valence electrons. The van der Waals surface area contributed by atoms with Gasteiger partial charge in [-0.3, -0.25) is 4.84 Å². The SMILES string of the molecule is COCCOCCOC(=O)CON. The molecular formula is C7H15NO5. The van der Waals surface area contributed by atoms with Gasteiger partial charge in [0.1, 0.15) is 6.61 Å². The number of ether oxygens (including phenoxy) is 3. The highest BCUT2D eigenvalue weighted by molar-refractivity contribution is 5.70. The van der Waals surface area contributed by atoms with Crippen LogP contribution in [0.25, 0.3) is 0 Å². The van der Waals surface area contributed by atoms with Crippen LogP contribution in [-0.2, 0) is 23.8 Å². The fraction of sp³-hybridized carbons (Fsp3) is 0.857. The van der Waals surface area contributed by atoms with E-state index in [2.05, 4.69) is 15.5 Å². The lowest BCUT2D eigenvalue weighted by Crippen LogP contribution is -2.18. The maximum Gasteiger partial charge on any atom is 0.334 e. The molecule has 0 fully saturated rings. The summed E-state index contributed by atoms with van der Waals surface area (Å²) in [7, 11) is 1.59. The molecule has 0 atom stereocenters. The molecule has 0 aromatic heterocycles. The minimum Gasteiger partial charge on any atom is -0.461 e. The van der Waals surface area contributed by atoms with Crippen LogP contribution >= 0.6 is 0 Å². The molecule has 0 saturated heterocycles. The van der Waals surface area contributed by atoms with Crippen LogP contribution in [0, 0.1) is 0 Å². The molecule has 2 N–H and O–H groups in total. The Morgan fingerprint density at radius 2 is 1.92 bits per heavy atom. The average molecular weight is 193 g/mol. The summed E-state index contributed by atoms with van der Waals surface area (Å²) in [5.41, 5.74) is 0. The molecule has 0 bridgehead atoms. The fourth-order valence-electron chi connectivity index (χ4n) is 0.568. The third-order valence-electron chi connectivity index (χ3n) is 1.12. The molecule has 0 saturated carbocycles. The van der Waals surface area contributed by atoms with Crippen LogP contribution in [0.15, 0.2) is 0 Å². The Hall–Kier alpha value is -0.690. The first kappa shape index (κ1) is 12.3. The molecule has 0 aliphatic rings. The van der Waals surface area contributed by atoms with Crippen LogP contribution in [0.5, 0.6) is 0 Å². The number of carbonyl (C=O) groups is 1. The third-order valence-corrected chi connectivity index (χ3v) is 1.12. The predicted molar refractivity (Wildman–Crippen MR) is 43.8 cm³/mol. The molecule has 6 nitrogen and oxygen atoms in total. The maximum absolute atomic E-state index is 10.6. The predicted octanol–water partition coefficient (Wildman–Crippen LogP) is -0.917. The van der Waals surface area contributed by atoms with Gasteiger partial charge < -0.3 is 14.2 Å². The fourth-order valence-corrected chi connectivity index (χ4v) is 0.568. The van der Waals surface area contributed by atoms with Crippen molar-refractivity contribution in [2.45, 2.75) is 0 Å². The molecule has 0 aliphatic carbocycles. The van der Waals surface area contributed by atoms with Gasteiger partial charge in [-0.2, -0.15) is 0 Å². The number of methoxy groups -OCH3 is 1. The van der Waals surface area contributed by atoms with Crippen molar-refractivity contribution in [1.82, 2.24) is 0 Å². The zero-order chi connectivity index (χ0) is 9.94. The van der Waals surface area contributed by atoms with Gasteiger partial charge in [-0.1, -0.05) is 0 Å². The Bertz CT molecular complexity index is 130. The van der Waals surface area contributed by atoms with Gasteiger partial charge in [0.15, 0.2) is 6.61 Å². The highest BCUT2D eigenvalue weighted by Gasteiger charge is 2.00. The van der Waals surface area contributed by atoms with Crippen molar-refractivity contribution in [2.24, 2.45) is 5.90 Å². The lowest BCUT2D eigenvalue weighted by atomic mass is 10.7. The van der Waals surface area contributed by atoms with E-state index >= 15 is 0 Å². The minimum absolute atomic E-state index is 0.200. The van der Waals surface area contributed by atoms with Gasteiger partial charge in [0.2, 0.25) is 0 Å². The van der Waals surface area contributed by atoms with Crippen LogP contribution in [0.2, 0.25) is 0 Å². The number of carbonyl (C=O) groups excluding carboxylic acids is 1. The lowest BCUT2D eigenvalue weighted by Gasteiger charge is -2.04. The second kappa shape index (κ2) is 9.40. The quantitative estimate of drug-likeness (QED) is 0.305. The molecule has 0 aromatic rings. The lowest BCUT2D eigenvalue weighted by molar-refractivity contribution is -0.150. The van der Waals surface area contributed by atoms with Crippen LogP contribution in [0.3, 0.4) is 0 Å². The molecule has 0 radical (unpaired) electrons. The van der Waals surface area contributed by atoms with E-state index in [1.807, 2.05) is 0 Å². The molecule has 0 rings (SSSR count). The standard InChI is InChI=1S/C7H15NO5/c1-10-2-3-11-4-5-12-7(9)6-13-8/h2-6,8H2,1H3. The summed E-state index contributed by atoms with van der Waals surface area (Å²) >= 11 is 0. The smallest absolute Gasteiger partial charge is 0.334 e. The zero-order valence-corrected chi connectivity index (χ0v) is 7.65. The van der Waals surface area contributed by atoms with Crippen LogP contribution in [0.4, 0.5) is 0 Å². The van der Waals surface area contributed by atoms with Crippen molar-refractivity contribution >= 4 is 5.97 Å².